The van der Waals surface area contributed by atoms with E-state index in [-0.39, 0.29) is 29.4 Å². The molecule has 0 radical (unpaired) electrons. The van der Waals surface area contributed by atoms with Gasteiger partial charge >= 0.3 is 6.61 Å². The number of H-pyrrole nitrogens is 1. The number of aliphatic hydroxyl groups excluding tert-OH is 1. The first kappa shape index (κ1) is 15.7. The van der Waals surface area contributed by atoms with Crippen molar-refractivity contribution in [2.45, 2.75) is 32.0 Å². The standard InChI is InChI=1S/C16H18F2N2O3/c17-16(18)23-14-6-2-4-11-10(14)7-12(20-11)15(22)19-8-9-3-1-5-13(9)21/h2,4,6-7,9,13,16,20-21H,1,3,5,8H2,(H,19,22). The van der Waals surface area contributed by atoms with Gasteiger partial charge in [0.2, 0.25) is 0 Å². The van der Waals surface area contributed by atoms with Crippen molar-refractivity contribution in [3.05, 3.63) is 30.0 Å². The van der Waals surface area contributed by atoms with Gasteiger partial charge in [0.05, 0.1) is 6.10 Å². The molecule has 2 atom stereocenters. The zero-order valence-electron chi connectivity index (χ0n) is 12.4. The van der Waals surface area contributed by atoms with Gasteiger partial charge in [0.15, 0.2) is 0 Å². The maximum atomic E-state index is 12.4. The number of fused-ring (bicyclic) bond motifs is 1. The third kappa shape index (κ3) is 3.44. The number of halogens is 2. The Labute approximate surface area is 131 Å². The molecule has 1 saturated carbocycles. The fourth-order valence-electron chi connectivity index (χ4n) is 3.02. The molecule has 1 aromatic heterocycles. The molecule has 2 aromatic rings. The van der Waals surface area contributed by atoms with Crippen molar-refractivity contribution in [1.29, 1.82) is 0 Å². The Hall–Kier alpha value is -2.15. The molecule has 1 amide bonds. The van der Waals surface area contributed by atoms with Crippen LogP contribution in [0.4, 0.5) is 8.78 Å². The average Bonchev–Trinajstić information content (AvgIpc) is 3.11. The number of rotatable bonds is 5. The van der Waals surface area contributed by atoms with Crippen LogP contribution in [0.1, 0.15) is 29.8 Å². The molecule has 3 rings (SSSR count). The van der Waals surface area contributed by atoms with E-state index in [2.05, 4.69) is 15.0 Å². The number of alkyl halides is 2. The number of benzene rings is 1. The van der Waals surface area contributed by atoms with Crippen molar-refractivity contribution >= 4 is 16.8 Å². The van der Waals surface area contributed by atoms with Crippen LogP contribution < -0.4 is 10.1 Å². The Kier molecular flexibility index (Phi) is 4.47. The van der Waals surface area contributed by atoms with Crippen LogP contribution in [0.3, 0.4) is 0 Å². The van der Waals surface area contributed by atoms with Crippen LogP contribution in [0.25, 0.3) is 10.9 Å². The third-order valence-electron chi connectivity index (χ3n) is 4.23. The molecule has 1 heterocycles. The smallest absolute Gasteiger partial charge is 0.387 e. The van der Waals surface area contributed by atoms with Crippen molar-refractivity contribution in [2.75, 3.05) is 6.54 Å². The minimum absolute atomic E-state index is 0.0269. The summed E-state index contributed by atoms with van der Waals surface area (Å²) in [6.07, 6.45) is 2.24. The van der Waals surface area contributed by atoms with Gasteiger partial charge in [-0.1, -0.05) is 12.5 Å². The minimum atomic E-state index is -2.92. The lowest BCUT2D eigenvalue weighted by Gasteiger charge is -2.14. The summed E-state index contributed by atoms with van der Waals surface area (Å²) in [6, 6.07) is 6.19. The predicted octanol–water partition coefficient (Wildman–Crippen LogP) is 2.66. The van der Waals surface area contributed by atoms with Crippen LogP contribution in [0.5, 0.6) is 5.75 Å². The van der Waals surface area contributed by atoms with Crippen molar-refractivity contribution in [2.24, 2.45) is 5.92 Å². The van der Waals surface area contributed by atoms with Crippen LogP contribution in [0, 0.1) is 5.92 Å². The molecule has 1 aromatic carbocycles. The lowest BCUT2D eigenvalue weighted by molar-refractivity contribution is -0.0487. The molecule has 3 N–H and O–H groups in total. The summed E-state index contributed by atoms with van der Waals surface area (Å²) in [5, 5.41) is 13.0. The molecule has 1 aliphatic carbocycles. The highest BCUT2D eigenvalue weighted by molar-refractivity contribution is 5.99. The van der Waals surface area contributed by atoms with E-state index < -0.39 is 6.61 Å². The summed E-state index contributed by atoms with van der Waals surface area (Å²) in [7, 11) is 0. The number of ether oxygens (including phenoxy) is 1. The predicted molar refractivity (Wildman–Crippen MR) is 80.6 cm³/mol. The molecule has 0 spiro atoms. The number of hydrogen-bond donors (Lipinski definition) is 3. The highest BCUT2D eigenvalue weighted by Crippen LogP contribution is 2.28. The van der Waals surface area contributed by atoms with Gasteiger partial charge in [0.25, 0.3) is 5.91 Å². The number of amides is 1. The second kappa shape index (κ2) is 6.54. The third-order valence-corrected chi connectivity index (χ3v) is 4.23. The van der Waals surface area contributed by atoms with Crippen molar-refractivity contribution in [3.8, 4) is 5.75 Å². The number of nitrogens with one attached hydrogen (secondary N) is 2. The van der Waals surface area contributed by atoms with Gasteiger partial charge in [-0.05, 0) is 31.0 Å². The van der Waals surface area contributed by atoms with Gasteiger partial charge in [-0.15, -0.1) is 0 Å². The average molecular weight is 324 g/mol. The Balaban J connectivity index is 1.73. The van der Waals surface area contributed by atoms with Gasteiger partial charge in [-0.3, -0.25) is 4.79 Å². The molecule has 0 aliphatic heterocycles. The highest BCUT2D eigenvalue weighted by Gasteiger charge is 2.25. The fraction of sp³-hybridized carbons (Fsp3) is 0.438. The van der Waals surface area contributed by atoms with Gasteiger partial charge in [0.1, 0.15) is 11.4 Å². The molecule has 1 aliphatic rings. The Bertz CT molecular complexity index is 702. The Morgan fingerprint density at radius 2 is 2.26 bits per heavy atom. The van der Waals surface area contributed by atoms with Crippen LogP contribution in [0.15, 0.2) is 24.3 Å². The van der Waals surface area contributed by atoms with Gasteiger partial charge < -0.3 is 20.1 Å². The lowest BCUT2D eigenvalue weighted by Crippen LogP contribution is -2.32. The van der Waals surface area contributed by atoms with E-state index in [9.17, 15) is 18.7 Å². The molecule has 23 heavy (non-hydrogen) atoms. The van der Waals surface area contributed by atoms with Gasteiger partial charge in [0, 0.05) is 23.4 Å². The number of carbonyl (C=O) groups is 1. The maximum absolute atomic E-state index is 12.4. The largest absolute Gasteiger partial charge is 0.434 e. The molecule has 7 heteroatoms. The zero-order valence-corrected chi connectivity index (χ0v) is 12.4. The summed E-state index contributed by atoms with van der Waals surface area (Å²) in [4.78, 5) is 15.1. The molecular weight excluding hydrogens is 306 g/mol. The molecule has 1 fully saturated rings. The quantitative estimate of drug-likeness (QED) is 0.791. The molecule has 0 saturated heterocycles. The van der Waals surface area contributed by atoms with Gasteiger partial charge in [-0.2, -0.15) is 8.78 Å². The van der Waals surface area contributed by atoms with Crippen LogP contribution >= 0.6 is 0 Å². The zero-order chi connectivity index (χ0) is 16.4. The second-order valence-electron chi connectivity index (χ2n) is 5.75. The minimum Gasteiger partial charge on any atom is -0.434 e. The number of hydrogen-bond acceptors (Lipinski definition) is 3. The Morgan fingerprint density at radius 3 is 2.96 bits per heavy atom. The van der Waals surface area contributed by atoms with E-state index in [1.54, 1.807) is 12.1 Å². The summed E-state index contributed by atoms with van der Waals surface area (Å²) in [5.41, 5.74) is 0.826. The molecule has 124 valence electrons. The molecule has 0 bridgehead atoms. The van der Waals surface area contributed by atoms with E-state index in [1.807, 2.05) is 0 Å². The number of aromatic amines is 1. The van der Waals surface area contributed by atoms with Crippen LogP contribution in [-0.4, -0.2) is 35.3 Å². The lowest BCUT2D eigenvalue weighted by atomic mass is 10.1. The molecular formula is C16H18F2N2O3. The topological polar surface area (TPSA) is 74.3 Å². The van der Waals surface area contributed by atoms with Crippen molar-refractivity contribution in [1.82, 2.24) is 10.3 Å². The normalized spacial score (nSPS) is 21.0. The monoisotopic (exact) mass is 324 g/mol. The fourth-order valence-corrected chi connectivity index (χ4v) is 3.02. The van der Waals surface area contributed by atoms with Crippen molar-refractivity contribution < 1.29 is 23.4 Å². The van der Waals surface area contributed by atoms with E-state index >= 15 is 0 Å². The number of aromatic nitrogens is 1. The summed E-state index contributed by atoms with van der Waals surface area (Å²) in [6.45, 7) is -2.52. The second-order valence-corrected chi connectivity index (χ2v) is 5.75. The van der Waals surface area contributed by atoms with Gasteiger partial charge in [-0.25, -0.2) is 0 Å². The van der Waals surface area contributed by atoms with E-state index in [4.69, 9.17) is 0 Å². The summed E-state index contributed by atoms with van der Waals surface area (Å²) >= 11 is 0. The van der Waals surface area contributed by atoms with E-state index in [0.29, 0.717) is 17.4 Å². The summed E-state index contributed by atoms with van der Waals surface area (Å²) < 4.78 is 29.3. The van der Waals surface area contributed by atoms with E-state index in [1.165, 1.54) is 12.1 Å². The first-order chi connectivity index (χ1) is 11.0. The first-order valence-corrected chi connectivity index (χ1v) is 7.57. The summed E-state index contributed by atoms with van der Waals surface area (Å²) in [5.74, 6) is -0.233. The number of carbonyl (C=O) groups excluding carboxylic acids is 1. The molecule has 2 unspecified atom stereocenters. The highest BCUT2D eigenvalue weighted by atomic mass is 19.3. The maximum Gasteiger partial charge on any atom is 0.387 e. The number of aliphatic hydroxyl groups is 1. The SMILES string of the molecule is O=C(NCC1CCCC1O)c1cc2c(OC(F)F)cccc2[nH]1. The molecule has 5 nitrogen and oxygen atoms in total. The van der Waals surface area contributed by atoms with Crippen LogP contribution in [-0.2, 0) is 0 Å². The van der Waals surface area contributed by atoms with E-state index in [0.717, 1.165) is 19.3 Å². The van der Waals surface area contributed by atoms with Crippen molar-refractivity contribution in [3.63, 3.8) is 0 Å². The first-order valence-electron chi connectivity index (χ1n) is 7.57. The Morgan fingerprint density at radius 1 is 1.43 bits per heavy atom. The van der Waals surface area contributed by atoms with Crippen LogP contribution in [0.2, 0.25) is 0 Å².